The largest absolute Gasteiger partial charge is 0.480 e. The van der Waals surface area contributed by atoms with E-state index >= 15 is 0 Å². The number of unbranched alkanes of at least 4 members (excludes halogenated alkanes) is 4. The molecule has 0 aliphatic carbocycles. The van der Waals surface area contributed by atoms with Crippen LogP contribution in [-0.4, -0.2) is 51.4 Å². The lowest BCUT2D eigenvalue weighted by Crippen LogP contribution is -2.62. The second-order valence-electron chi connectivity index (χ2n) is 9.43. The van der Waals surface area contributed by atoms with Crippen molar-refractivity contribution in [3.05, 3.63) is 0 Å². The smallest absolute Gasteiger partial charge is 0.326 e. The molecule has 182 valence electrons. The van der Waals surface area contributed by atoms with Crippen LogP contribution >= 0.6 is 12.6 Å². The van der Waals surface area contributed by atoms with Crippen LogP contribution < -0.4 is 10.6 Å². The summed E-state index contributed by atoms with van der Waals surface area (Å²) in [7, 11) is 0. The first-order chi connectivity index (χ1) is 14.5. The summed E-state index contributed by atoms with van der Waals surface area (Å²) < 4.78 is 0. The maximum absolute atomic E-state index is 13.4. The fraction of sp³-hybridized carbons (Fsp3) is 0.870. The van der Waals surface area contributed by atoms with E-state index in [-0.39, 0.29) is 24.0 Å². The highest BCUT2D eigenvalue weighted by molar-refractivity contribution is 7.80. The minimum absolute atomic E-state index is 0.0927. The molecule has 0 aromatic carbocycles. The van der Waals surface area contributed by atoms with Crippen molar-refractivity contribution in [2.45, 2.75) is 110 Å². The molecule has 8 heteroatoms. The van der Waals surface area contributed by atoms with Crippen molar-refractivity contribution in [3.8, 4) is 0 Å². The molecule has 0 rings (SSSR count). The zero-order valence-electron chi connectivity index (χ0n) is 19.9. The molecule has 0 spiro atoms. The summed E-state index contributed by atoms with van der Waals surface area (Å²) in [6.45, 7) is 9.87. The van der Waals surface area contributed by atoms with Gasteiger partial charge in [-0.2, -0.15) is 12.6 Å². The van der Waals surface area contributed by atoms with Crippen molar-refractivity contribution in [2.75, 3.05) is 5.75 Å². The van der Waals surface area contributed by atoms with Crippen LogP contribution in [0, 0.1) is 11.8 Å². The van der Waals surface area contributed by atoms with Crippen LogP contribution in [0.4, 0.5) is 0 Å². The number of aliphatic hydroxyl groups is 1. The van der Waals surface area contributed by atoms with Gasteiger partial charge in [-0.15, -0.1) is 0 Å². The number of carbonyl (C=O) groups is 3. The first kappa shape index (κ1) is 29.7. The third-order valence-electron chi connectivity index (χ3n) is 5.22. The minimum Gasteiger partial charge on any atom is -0.480 e. The number of hydrogen-bond donors (Lipinski definition) is 5. The summed E-state index contributed by atoms with van der Waals surface area (Å²) in [6, 6.07) is -1.01. The molecule has 0 aromatic rings. The topological polar surface area (TPSA) is 116 Å². The maximum atomic E-state index is 13.4. The van der Waals surface area contributed by atoms with Gasteiger partial charge in [-0.1, -0.05) is 66.7 Å². The van der Waals surface area contributed by atoms with Gasteiger partial charge in [0.2, 0.25) is 11.8 Å². The van der Waals surface area contributed by atoms with Gasteiger partial charge in [-0.05, 0) is 31.1 Å². The lowest BCUT2D eigenvalue weighted by atomic mass is 9.82. The van der Waals surface area contributed by atoms with Crippen LogP contribution in [0.3, 0.4) is 0 Å². The van der Waals surface area contributed by atoms with E-state index in [0.717, 1.165) is 32.1 Å². The minimum atomic E-state index is -1.21. The predicted octanol–water partition coefficient (Wildman–Crippen LogP) is 3.54. The van der Waals surface area contributed by atoms with Crippen molar-refractivity contribution in [1.29, 1.82) is 0 Å². The van der Waals surface area contributed by atoms with Crippen molar-refractivity contribution in [3.63, 3.8) is 0 Å². The molecule has 0 heterocycles. The summed E-state index contributed by atoms with van der Waals surface area (Å²) in [5.41, 5.74) is -1.21. The summed E-state index contributed by atoms with van der Waals surface area (Å²) in [4.78, 5) is 37.8. The van der Waals surface area contributed by atoms with E-state index in [0.29, 0.717) is 19.3 Å². The van der Waals surface area contributed by atoms with Gasteiger partial charge in [0.1, 0.15) is 11.6 Å². The number of carbonyl (C=O) groups excluding carboxylic acids is 2. The molecule has 0 aliphatic rings. The molecular weight excluding hydrogens is 416 g/mol. The van der Waals surface area contributed by atoms with E-state index in [1.807, 2.05) is 27.7 Å². The van der Waals surface area contributed by atoms with Gasteiger partial charge in [-0.3, -0.25) is 9.59 Å². The standard InChI is InChI=1S/C23H44N2O5S/c1-6-7-8-9-10-11-23(14-17(4)5,25-20(27)13-18(26)15-31)22(30)24-19(21(28)29)12-16(2)3/h16-19,26,31H,6-15H2,1-5H3,(H,24,30)(H,25,27)(H,28,29)/t18?,19-,23-/m0/s1. The van der Waals surface area contributed by atoms with Crippen molar-refractivity contribution in [2.24, 2.45) is 11.8 Å². The molecule has 1 unspecified atom stereocenters. The predicted molar refractivity (Wildman–Crippen MR) is 127 cm³/mol. The second kappa shape index (κ2) is 15.5. The van der Waals surface area contributed by atoms with Crippen molar-refractivity contribution >= 4 is 30.4 Å². The number of amides is 2. The van der Waals surface area contributed by atoms with Crippen LogP contribution in [0.15, 0.2) is 0 Å². The van der Waals surface area contributed by atoms with Crippen LogP contribution in [0.25, 0.3) is 0 Å². The van der Waals surface area contributed by atoms with E-state index in [2.05, 4.69) is 30.2 Å². The normalized spacial score (nSPS) is 15.4. The molecule has 0 saturated heterocycles. The van der Waals surface area contributed by atoms with E-state index in [9.17, 15) is 24.6 Å². The maximum Gasteiger partial charge on any atom is 0.326 e. The Balaban J connectivity index is 5.73. The molecule has 0 bridgehead atoms. The van der Waals surface area contributed by atoms with Gasteiger partial charge >= 0.3 is 5.97 Å². The fourth-order valence-corrected chi connectivity index (χ4v) is 3.92. The monoisotopic (exact) mass is 460 g/mol. The average Bonchev–Trinajstić information content (AvgIpc) is 2.65. The van der Waals surface area contributed by atoms with E-state index in [1.165, 1.54) is 0 Å². The Morgan fingerprint density at radius 2 is 1.61 bits per heavy atom. The lowest BCUT2D eigenvalue weighted by molar-refractivity contribution is -0.144. The molecule has 0 fully saturated rings. The summed E-state index contributed by atoms with van der Waals surface area (Å²) in [6.07, 6.45) is 5.02. The Bertz CT molecular complexity index is 556. The van der Waals surface area contributed by atoms with Crippen LogP contribution in [0.2, 0.25) is 0 Å². The number of aliphatic carboxylic acids is 1. The van der Waals surface area contributed by atoms with Crippen LogP contribution in [-0.2, 0) is 14.4 Å². The molecule has 0 aliphatic heterocycles. The number of hydrogen-bond acceptors (Lipinski definition) is 5. The first-order valence-corrected chi connectivity index (χ1v) is 12.2. The third-order valence-corrected chi connectivity index (χ3v) is 5.64. The summed E-state index contributed by atoms with van der Waals surface area (Å²) in [5.74, 6) is -1.64. The second-order valence-corrected chi connectivity index (χ2v) is 9.79. The van der Waals surface area contributed by atoms with Gasteiger partial charge in [0.15, 0.2) is 0 Å². The molecular formula is C23H44N2O5S. The number of aliphatic hydroxyl groups excluding tert-OH is 1. The van der Waals surface area contributed by atoms with Crippen molar-refractivity contribution in [1.82, 2.24) is 10.6 Å². The zero-order valence-corrected chi connectivity index (χ0v) is 20.8. The molecule has 0 aromatic heterocycles. The first-order valence-electron chi connectivity index (χ1n) is 11.6. The number of carboxylic acid groups (broad SMARTS) is 1. The molecule has 0 saturated carbocycles. The Kier molecular flexibility index (Phi) is 14.9. The summed E-state index contributed by atoms with van der Waals surface area (Å²) >= 11 is 4.01. The quantitative estimate of drug-likeness (QED) is 0.168. The van der Waals surface area contributed by atoms with E-state index in [4.69, 9.17) is 0 Å². The molecule has 7 nitrogen and oxygen atoms in total. The van der Waals surface area contributed by atoms with Gasteiger partial charge in [0, 0.05) is 5.75 Å². The molecule has 0 radical (unpaired) electrons. The molecule has 3 atom stereocenters. The molecule has 4 N–H and O–H groups in total. The lowest BCUT2D eigenvalue weighted by Gasteiger charge is -2.36. The van der Waals surface area contributed by atoms with Gasteiger partial charge in [0.05, 0.1) is 12.5 Å². The number of nitrogens with one attached hydrogen (secondary N) is 2. The van der Waals surface area contributed by atoms with Crippen LogP contribution in [0.5, 0.6) is 0 Å². The fourth-order valence-electron chi connectivity index (χ4n) is 3.79. The zero-order chi connectivity index (χ0) is 24.0. The number of carboxylic acids is 1. The van der Waals surface area contributed by atoms with Crippen LogP contribution in [0.1, 0.15) is 92.4 Å². The molecule has 2 amide bonds. The SMILES string of the molecule is CCCCCCC[C@@](CC(C)C)(NC(=O)CC(O)CS)C(=O)N[C@@H](CC(C)C)C(=O)O. The summed E-state index contributed by atoms with van der Waals surface area (Å²) in [5, 5.41) is 25.0. The van der Waals surface area contributed by atoms with Crippen molar-refractivity contribution < 1.29 is 24.6 Å². The Morgan fingerprint density at radius 1 is 1.00 bits per heavy atom. The number of rotatable bonds is 17. The highest BCUT2D eigenvalue weighted by Crippen LogP contribution is 2.26. The van der Waals surface area contributed by atoms with Gasteiger partial charge in [0.25, 0.3) is 0 Å². The Labute approximate surface area is 193 Å². The molecule has 31 heavy (non-hydrogen) atoms. The highest BCUT2D eigenvalue weighted by Gasteiger charge is 2.41. The highest BCUT2D eigenvalue weighted by atomic mass is 32.1. The van der Waals surface area contributed by atoms with E-state index < -0.39 is 35.5 Å². The van der Waals surface area contributed by atoms with Gasteiger partial charge < -0.3 is 20.8 Å². The third kappa shape index (κ3) is 12.4. The van der Waals surface area contributed by atoms with E-state index in [1.54, 1.807) is 0 Å². The Hall–Kier alpha value is -1.28. The average molecular weight is 461 g/mol. The number of thiol groups is 1. The van der Waals surface area contributed by atoms with Gasteiger partial charge in [-0.25, -0.2) is 4.79 Å². The Morgan fingerprint density at radius 3 is 2.10 bits per heavy atom.